The minimum atomic E-state index is -3.41. The minimum absolute atomic E-state index is 0.0270. The number of nitrogens with zero attached hydrogens (tertiary/aromatic N) is 3. The quantitative estimate of drug-likeness (QED) is 0.779. The fourth-order valence-electron chi connectivity index (χ4n) is 3.49. The molecule has 0 radical (unpaired) electrons. The Bertz CT molecular complexity index is 708. The average molecular weight is 400 g/mol. The van der Waals surface area contributed by atoms with E-state index < -0.39 is 10.2 Å². The van der Waals surface area contributed by atoms with Crippen LogP contribution < -0.4 is 0 Å². The zero-order chi connectivity index (χ0) is 18.6. The third kappa shape index (κ3) is 4.76. The monoisotopic (exact) mass is 399 g/mol. The summed E-state index contributed by atoms with van der Waals surface area (Å²) in [6.45, 7) is 2.84. The molecule has 0 aromatic heterocycles. The van der Waals surface area contributed by atoms with E-state index in [0.717, 1.165) is 31.2 Å². The summed E-state index contributed by atoms with van der Waals surface area (Å²) in [6.07, 6.45) is 4.37. The van der Waals surface area contributed by atoms with Crippen LogP contribution >= 0.6 is 11.6 Å². The maximum Gasteiger partial charge on any atom is 0.282 e. The van der Waals surface area contributed by atoms with Crippen LogP contribution in [-0.4, -0.2) is 67.1 Å². The molecule has 0 N–H and O–H groups in total. The van der Waals surface area contributed by atoms with Crippen molar-refractivity contribution in [1.29, 1.82) is 0 Å². The van der Waals surface area contributed by atoms with Crippen LogP contribution in [0.2, 0.25) is 5.02 Å². The van der Waals surface area contributed by atoms with Gasteiger partial charge in [-0.25, -0.2) is 0 Å². The van der Waals surface area contributed by atoms with Crippen molar-refractivity contribution in [2.75, 3.05) is 39.3 Å². The molecule has 0 unspecified atom stereocenters. The number of carbonyl (C=O) groups is 1. The van der Waals surface area contributed by atoms with Crippen molar-refractivity contribution in [2.45, 2.75) is 32.1 Å². The first-order valence-corrected chi connectivity index (χ1v) is 11.0. The Morgan fingerprint density at radius 1 is 0.846 bits per heavy atom. The van der Waals surface area contributed by atoms with Gasteiger partial charge >= 0.3 is 0 Å². The maximum atomic E-state index is 12.8. The van der Waals surface area contributed by atoms with E-state index in [1.54, 1.807) is 21.3 Å². The van der Waals surface area contributed by atoms with Gasteiger partial charge in [-0.1, -0.05) is 36.6 Å². The number of halogens is 1. The second kappa shape index (κ2) is 8.69. The Labute approximate surface area is 160 Å². The highest BCUT2D eigenvalue weighted by Crippen LogP contribution is 2.18. The normalized spacial score (nSPS) is 20.7. The molecule has 3 rings (SSSR count). The molecule has 144 valence electrons. The number of carbonyl (C=O) groups excluding carboxylic acids is 1. The van der Waals surface area contributed by atoms with Crippen LogP contribution in [0.15, 0.2) is 24.3 Å². The van der Waals surface area contributed by atoms with Crippen molar-refractivity contribution in [1.82, 2.24) is 13.5 Å². The number of hydrogen-bond donors (Lipinski definition) is 0. The number of hydrogen-bond acceptors (Lipinski definition) is 3. The molecule has 0 aliphatic carbocycles. The Morgan fingerprint density at radius 2 is 1.38 bits per heavy atom. The van der Waals surface area contributed by atoms with Gasteiger partial charge in [0.2, 0.25) is 5.91 Å². The van der Waals surface area contributed by atoms with Crippen molar-refractivity contribution in [3.05, 3.63) is 34.9 Å². The highest BCUT2D eigenvalue weighted by Gasteiger charge is 2.33. The Morgan fingerprint density at radius 3 is 1.96 bits per heavy atom. The van der Waals surface area contributed by atoms with E-state index in [0.29, 0.717) is 50.7 Å². The lowest BCUT2D eigenvalue weighted by atomic mass is 10.1. The summed E-state index contributed by atoms with van der Waals surface area (Å²) in [5.41, 5.74) is 0.916. The fraction of sp³-hybridized carbons (Fsp3) is 0.611. The summed E-state index contributed by atoms with van der Waals surface area (Å²) in [5, 5.41) is 0.647. The van der Waals surface area contributed by atoms with Crippen molar-refractivity contribution < 1.29 is 13.2 Å². The first-order valence-electron chi connectivity index (χ1n) is 9.24. The van der Waals surface area contributed by atoms with Crippen LogP contribution in [0.25, 0.3) is 0 Å². The van der Waals surface area contributed by atoms with Crippen LogP contribution in [0.1, 0.15) is 31.2 Å². The van der Waals surface area contributed by atoms with Gasteiger partial charge in [0.1, 0.15) is 0 Å². The first-order chi connectivity index (χ1) is 12.5. The Balaban J connectivity index is 1.54. The minimum Gasteiger partial charge on any atom is -0.340 e. The summed E-state index contributed by atoms with van der Waals surface area (Å²) >= 11 is 5.87. The number of benzene rings is 1. The molecule has 1 aromatic rings. The molecule has 2 fully saturated rings. The molecule has 2 saturated heterocycles. The van der Waals surface area contributed by atoms with E-state index >= 15 is 0 Å². The molecule has 2 aliphatic heterocycles. The predicted octanol–water partition coefficient (Wildman–Crippen LogP) is 2.15. The van der Waals surface area contributed by atoms with Crippen LogP contribution in [0, 0.1) is 0 Å². The van der Waals surface area contributed by atoms with E-state index in [4.69, 9.17) is 11.6 Å². The number of amides is 1. The van der Waals surface area contributed by atoms with Gasteiger partial charge in [0.25, 0.3) is 10.2 Å². The lowest BCUT2D eigenvalue weighted by molar-refractivity contribution is -0.131. The summed E-state index contributed by atoms with van der Waals surface area (Å²) < 4.78 is 28.8. The Kier molecular flexibility index (Phi) is 6.55. The molecular formula is C18H26ClN3O3S. The fourth-order valence-corrected chi connectivity index (χ4v) is 5.29. The number of piperazine rings is 1. The summed E-state index contributed by atoms with van der Waals surface area (Å²) in [7, 11) is -3.41. The highest BCUT2D eigenvalue weighted by molar-refractivity contribution is 7.86. The lowest BCUT2D eigenvalue weighted by Crippen LogP contribution is -2.54. The Hall–Kier alpha value is -1.15. The van der Waals surface area contributed by atoms with E-state index in [2.05, 4.69) is 0 Å². The molecule has 26 heavy (non-hydrogen) atoms. The summed E-state index contributed by atoms with van der Waals surface area (Å²) in [5.74, 6) is 0.0270. The second-order valence-corrected chi connectivity index (χ2v) is 9.27. The largest absolute Gasteiger partial charge is 0.340 e. The first kappa shape index (κ1) is 19.6. The summed E-state index contributed by atoms with van der Waals surface area (Å²) in [4.78, 5) is 14.2. The predicted molar refractivity (Wildman–Crippen MR) is 102 cm³/mol. The van der Waals surface area contributed by atoms with Gasteiger partial charge in [0.15, 0.2) is 0 Å². The van der Waals surface area contributed by atoms with E-state index in [1.807, 2.05) is 12.1 Å². The molecule has 2 aliphatic rings. The van der Waals surface area contributed by atoms with E-state index in [1.165, 1.54) is 4.31 Å². The third-order valence-electron chi connectivity index (χ3n) is 5.08. The lowest BCUT2D eigenvalue weighted by Gasteiger charge is -2.36. The molecule has 0 saturated carbocycles. The second-order valence-electron chi connectivity index (χ2n) is 6.90. The topological polar surface area (TPSA) is 60.9 Å². The molecule has 6 nitrogen and oxygen atoms in total. The van der Waals surface area contributed by atoms with Crippen LogP contribution in [-0.2, 0) is 21.4 Å². The van der Waals surface area contributed by atoms with Crippen molar-refractivity contribution in [3.8, 4) is 0 Å². The molecule has 1 amide bonds. The SMILES string of the molecule is O=C(Cc1ccc(Cl)cc1)N1CCN(S(=O)(=O)N2CCCCCC2)CC1. The average Bonchev–Trinajstić information content (AvgIpc) is 2.94. The van der Waals surface area contributed by atoms with Gasteiger partial charge in [-0.2, -0.15) is 17.0 Å². The molecule has 0 spiro atoms. The van der Waals surface area contributed by atoms with Crippen molar-refractivity contribution in [3.63, 3.8) is 0 Å². The van der Waals surface area contributed by atoms with E-state index in [9.17, 15) is 13.2 Å². The van der Waals surface area contributed by atoms with Gasteiger partial charge in [-0.05, 0) is 30.5 Å². The van der Waals surface area contributed by atoms with Gasteiger partial charge in [0.05, 0.1) is 6.42 Å². The molecule has 0 atom stereocenters. The summed E-state index contributed by atoms with van der Waals surface area (Å²) in [6, 6.07) is 7.24. The zero-order valence-electron chi connectivity index (χ0n) is 14.9. The molecule has 8 heteroatoms. The molecule has 0 bridgehead atoms. The van der Waals surface area contributed by atoms with Crippen molar-refractivity contribution >= 4 is 27.7 Å². The van der Waals surface area contributed by atoms with Crippen LogP contribution in [0.3, 0.4) is 0 Å². The third-order valence-corrected chi connectivity index (χ3v) is 7.36. The highest BCUT2D eigenvalue weighted by atomic mass is 35.5. The maximum absolute atomic E-state index is 12.8. The van der Waals surface area contributed by atoms with Gasteiger partial charge < -0.3 is 4.90 Å². The van der Waals surface area contributed by atoms with Crippen LogP contribution in [0.5, 0.6) is 0 Å². The van der Waals surface area contributed by atoms with Crippen LogP contribution in [0.4, 0.5) is 0 Å². The molecule has 2 heterocycles. The van der Waals surface area contributed by atoms with Gasteiger partial charge in [-0.3, -0.25) is 4.79 Å². The number of rotatable bonds is 4. The van der Waals surface area contributed by atoms with Gasteiger partial charge in [0, 0.05) is 44.3 Å². The molecule has 1 aromatic carbocycles. The standard InChI is InChI=1S/C18H26ClN3O3S/c19-17-7-5-16(6-8-17)15-18(23)20-11-13-22(14-12-20)26(24,25)21-9-3-1-2-4-10-21/h5-8H,1-4,9-15H2. The van der Waals surface area contributed by atoms with E-state index in [-0.39, 0.29) is 5.91 Å². The molecular weight excluding hydrogens is 374 g/mol. The van der Waals surface area contributed by atoms with Gasteiger partial charge in [-0.15, -0.1) is 0 Å². The van der Waals surface area contributed by atoms with Crippen molar-refractivity contribution in [2.24, 2.45) is 0 Å². The smallest absolute Gasteiger partial charge is 0.282 e. The zero-order valence-corrected chi connectivity index (χ0v) is 16.5.